The summed E-state index contributed by atoms with van der Waals surface area (Å²) in [6, 6.07) is 1.86. The summed E-state index contributed by atoms with van der Waals surface area (Å²) in [5, 5.41) is 1.05. The summed E-state index contributed by atoms with van der Waals surface area (Å²) in [5.41, 5.74) is 11.6. The van der Waals surface area contributed by atoms with Crippen molar-refractivity contribution in [2.45, 2.75) is 13.8 Å². The summed E-state index contributed by atoms with van der Waals surface area (Å²) in [5.74, 6) is 0.262. The maximum atomic E-state index is 11.2. The van der Waals surface area contributed by atoms with Crippen molar-refractivity contribution >= 4 is 27.9 Å². The van der Waals surface area contributed by atoms with Gasteiger partial charge in [-0.15, -0.1) is 11.3 Å². The largest absolute Gasteiger partial charge is 0.397 e. The highest BCUT2D eigenvalue weighted by Crippen LogP contribution is 2.32. The number of amides is 1. The van der Waals surface area contributed by atoms with Gasteiger partial charge in [0.25, 0.3) is 5.91 Å². The quantitative estimate of drug-likeness (QED) is 0.870. The van der Waals surface area contributed by atoms with E-state index in [9.17, 15) is 4.79 Å². The van der Waals surface area contributed by atoms with E-state index in [1.54, 1.807) is 0 Å². The van der Waals surface area contributed by atoms with Crippen molar-refractivity contribution in [3.8, 4) is 0 Å². The van der Waals surface area contributed by atoms with Crippen molar-refractivity contribution in [2.75, 3.05) is 43.4 Å². The zero-order valence-corrected chi connectivity index (χ0v) is 12.4. The fraction of sp³-hybridized carbons (Fsp3) is 0.615. The number of carbonyl (C=O) groups is 1. The Morgan fingerprint density at radius 3 is 2.47 bits per heavy atom. The average molecular weight is 282 g/mol. The minimum atomic E-state index is -0.438. The van der Waals surface area contributed by atoms with E-state index in [2.05, 4.69) is 23.6 Å². The van der Waals surface area contributed by atoms with Gasteiger partial charge in [-0.05, 0) is 12.0 Å². The van der Waals surface area contributed by atoms with Crippen LogP contribution in [0.1, 0.15) is 23.5 Å². The van der Waals surface area contributed by atoms with Gasteiger partial charge >= 0.3 is 0 Å². The second-order valence-corrected chi connectivity index (χ2v) is 6.45. The first-order valence-electron chi connectivity index (χ1n) is 6.63. The molecule has 0 radical (unpaired) electrons. The van der Waals surface area contributed by atoms with Crippen LogP contribution in [0.15, 0.2) is 6.07 Å². The van der Waals surface area contributed by atoms with E-state index in [0.717, 1.165) is 37.7 Å². The zero-order chi connectivity index (χ0) is 14.0. The maximum absolute atomic E-state index is 11.2. The van der Waals surface area contributed by atoms with Crippen LogP contribution in [0.4, 0.5) is 10.7 Å². The smallest absolute Gasteiger partial charge is 0.260 e. The molecule has 6 heteroatoms. The Morgan fingerprint density at radius 2 is 2.00 bits per heavy atom. The lowest BCUT2D eigenvalue weighted by Crippen LogP contribution is -2.47. The fourth-order valence-electron chi connectivity index (χ4n) is 2.41. The van der Waals surface area contributed by atoms with E-state index in [1.807, 2.05) is 6.07 Å². The number of nitrogens with two attached hydrogens (primary N) is 2. The molecule has 1 aromatic rings. The van der Waals surface area contributed by atoms with Crippen molar-refractivity contribution in [3.63, 3.8) is 0 Å². The third-order valence-corrected chi connectivity index (χ3v) is 4.51. The van der Waals surface area contributed by atoms with Gasteiger partial charge in [0.2, 0.25) is 0 Å². The number of nitrogens with zero attached hydrogens (tertiary/aromatic N) is 2. The first-order chi connectivity index (χ1) is 8.97. The van der Waals surface area contributed by atoms with Gasteiger partial charge in [-0.3, -0.25) is 9.69 Å². The van der Waals surface area contributed by atoms with Crippen LogP contribution < -0.4 is 16.4 Å². The van der Waals surface area contributed by atoms with E-state index < -0.39 is 5.91 Å². The second kappa shape index (κ2) is 5.79. The van der Waals surface area contributed by atoms with Crippen LogP contribution >= 0.6 is 11.3 Å². The highest BCUT2D eigenvalue weighted by atomic mass is 32.1. The predicted molar refractivity (Wildman–Crippen MR) is 80.7 cm³/mol. The maximum Gasteiger partial charge on any atom is 0.260 e. The molecular weight excluding hydrogens is 260 g/mol. The molecule has 1 saturated heterocycles. The number of primary amides is 1. The molecular formula is C13H22N4OS. The molecule has 1 amide bonds. The zero-order valence-electron chi connectivity index (χ0n) is 11.6. The average Bonchev–Trinajstić information content (AvgIpc) is 2.71. The molecule has 1 aliphatic rings. The summed E-state index contributed by atoms with van der Waals surface area (Å²) >= 11 is 1.40. The first-order valence-corrected chi connectivity index (χ1v) is 7.45. The van der Waals surface area contributed by atoms with Crippen LogP contribution in [0.25, 0.3) is 0 Å². The second-order valence-electron chi connectivity index (χ2n) is 5.41. The van der Waals surface area contributed by atoms with Crippen LogP contribution in [-0.2, 0) is 0 Å². The minimum Gasteiger partial charge on any atom is -0.397 e. The Kier molecular flexibility index (Phi) is 4.31. The molecule has 0 spiro atoms. The van der Waals surface area contributed by atoms with Crippen molar-refractivity contribution in [2.24, 2.45) is 11.7 Å². The summed E-state index contributed by atoms with van der Waals surface area (Å²) in [4.78, 5) is 16.5. The predicted octanol–water partition coefficient (Wildman–Crippen LogP) is 1.21. The summed E-state index contributed by atoms with van der Waals surface area (Å²) in [6.07, 6.45) is 0. The van der Waals surface area contributed by atoms with Gasteiger partial charge < -0.3 is 16.4 Å². The highest BCUT2D eigenvalue weighted by molar-refractivity contribution is 7.18. The molecule has 0 saturated carbocycles. The normalized spacial score (nSPS) is 17.1. The molecule has 1 fully saturated rings. The third kappa shape index (κ3) is 3.39. The number of anilines is 2. The van der Waals surface area contributed by atoms with E-state index >= 15 is 0 Å². The lowest BCUT2D eigenvalue weighted by atomic mass is 10.2. The Morgan fingerprint density at radius 1 is 1.37 bits per heavy atom. The molecule has 106 valence electrons. The van der Waals surface area contributed by atoms with Gasteiger partial charge in [-0.1, -0.05) is 13.8 Å². The van der Waals surface area contributed by atoms with Crippen LogP contribution in [0.3, 0.4) is 0 Å². The SMILES string of the molecule is CC(C)CN1CCN(c2cc(N)c(C(N)=O)s2)CC1. The summed E-state index contributed by atoms with van der Waals surface area (Å²) in [7, 11) is 0. The molecule has 1 aromatic heterocycles. The Labute approximate surface area is 118 Å². The fourth-order valence-corrected chi connectivity index (χ4v) is 3.39. The summed E-state index contributed by atoms with van der Waals surface area (Å²) < 4.78 is 0. The Balaban J connectivity index is 1.98. The molecule has 5 nitrogen and oxygen atoms in total. The van der Waals surface area contributed by atoms with Gasteiger partial charge in [-0.25, -0.2) is 0 Å². The third-order valence-electron chi connectivity index (χ3n) is 3.28. The van der Waals surface area contributed by atoms with E-state index in [0.29, 0.717) is 16.5 Å². The van der Waals surface area contributed by atoms with Crippen molar-refractivity contribution in [3.05, 3.63) is 10.9 Å². The molecule has 1 aliphatic heterocycles. The number of carbonyl (C=O) groups excluding carboxylic acids is 1. The van der Waals surface area contributed by atoms with Gasteiger partial charge in [-0.2, -0.15) is 0 Å². The number of rotatable bonds is 4. The lowest BCUT2D eigenvalue weighted by molar-refractivity contribution is 0.100. The van der Waals surface area contributed by atoms with Gasteiger partial charge in [0.05, 0.1) is 10.7 Å². The van der Waals surface area contributed by atoms with Gasteiger partial charge in [0.1, 0.15) is 4.88 Å². The lowest BCUT2D eigenvalue weighted by Gasteiger charge is -2.36. The van der Waals surface area contributed by atoms with E-state index in [-0.39, 0.29) is 0 Å². The van der Waals surface area contributed by atoms with E-state index in [4.69, 9.17) is 11.5 Å². The molecule has 19 heavy (non-hydrogen) atoms. The molecule has 2 rings (SSSR count). The number of hydrogen-bond donors (Lipinski definition) is 2. The molecule has 0 unspecified atom stereocenters. The topological polar surface area (TPSA) is 75.6 Å². The van der Waals surface area contributed by atoms with E-state index in [1.165, 1.54) is 11.3 Å². The van der Waals surface area contributed by atoms with Gasteiger partial charge in [0, 0.05) is 32.7 Å². The standard InChI is InChI=1S/C13H22N4OS/c1-9(2)8-16-3-5-17(6-4-16)11-7-10(14)12(19-11)13(15)18/h7,9H,3-6,8,14H2,1-2H3,(H2,15,18). The Bertz CT molecular complexity index is 449. The number of piperazine rings is 1. The van der Waals surface area contributed by atoms with Crippen LogP contribution in [0, 0.1) is 5.92 Å². The first kappa shape index (κ1) is 14.1. The molecule has 0 bridgehead atoms. The monoisotopic (exact) mass is 282 g/mol. The number of thiophene rings is 1. The highest BCUT2D eigenvalue weighted by Gasteiger charge is 2.21. The Hall–Kier alpha value is -1.27. The van der Waals surface area contributed by atoms with Crippen LogP contribution in [0.5, 0.6) is 0 Å². The molecule has 0 aliphatic carbocycles. The minimum absolute atomic E-state index is 0.438. The number of nitrogen functional groups attached to an aromatic ring is 1. The van der Waals surface area contributed by atoms with Crippen molar-refractivity contribution in [1.82, 2.24) is 4.90 Å². The van der Waals surface area contributed by atoms with Gasteiger partial charge in [0.15, 0.2) is 0 Å². The van der Waals surface area contributed by atoms with Crippen LogP contribution in [0.2, 0.25) is 0 Å². The van der Waals surface area contributed by atoms with Crippen molar-refractivity contribution in [1.29, 1.82) is 0 Å². The van der Waals surface area contributed by atoms with Crippen molar-refractivity contribution < 1.29 is 4.79 Å². The molecule has 4 N–H and O–H groups in total. The molecule has 0 atom stereocenters. The molecule has 2 heterocycles. The summed E-state index contributed by atoms with van der Waals surface area (Å²) in [6.45, 7) is 9.70. The number of hydrogen-bond acceptors (Lipinski definition) is 5. The van der Waals surface area contributed by atoms with Crippen LogP contribution in [-0.4, -0.2) is 43.5 Å². The molecule has 0 aromatic carbocycles.